The summed E-state index contributed by atoms with van der Waals surface area (Å²) in [5, 5.41) is 2.75. The zero-order valence-corrected chi connectivity index (χ0v) is 20.8. The van der Waals surface area contributed by atoms with Crippen molar-refractivity contribution < 1.29 is 18.0 Å². The molecule has 0 unspecified atom stereocenters. The van der Waals surface area contributed by atoms with Gasteiger partial charge in [0.2, 0.25) is 5.91 Å². The Hall–Kier alpha value is -3.17. The van der Waals surface area contributed by atoms with Crippen LogP contribution in [0.5, 0.6) is 0 Å². The SMILES string of the molecule is O=C(CN(c1cccc(Br)c1)S(=O)(=O)c1ccccc1)Nc1ccccc1C(=O)N1CCCC1. The van der Waals surface area contributed by atoms with Gasteiger partial charge in [-0.25, -0.2) is 8.42 Å². The Morgan fingerprint density at radius 3 is 2.29 bits per heavy atom. The third kappa shape index (κ3) is 5.31. The second-order valence-electron chi connectivity index (χ2n) is 7.90. The van der Waals surface area contributed by atoms with Crippen LogP contribution in [0, 0.1) is 0 Å². The van der Waals surface area contributed by atoms with E-state index in [4.69, 9.17) is 0 Å². The summed E-state index contributed by atoms with van der Waals surface area (Å²) in [6.45, 7) is 0.917. The fourth-order valence-electron chi connectivity index (χ4n) is 3.86. The summed E-state index contributed by atoms with van der Waals surface area (Å²) in [6, 6.07) is 21.5. The number of nitrogens with zero attached hydrogens (tertiary/aromatic N) is 2. The number of sulfonamides is 1. The number of amides is 2. The van der Waals surface area contributed by atoms with E-state index in [9.17, 15) is 18.0 Å². The van der Waals surface area contributed by atoms with E-state index in [0.717, 1.165) is 17.1 Å². The van der Waals surface area contributed by atoms with Crippen molar-refractivity contribution in [3.63, 3.8) is 0 Å². The highest BCUT2D eigenvalue weighted by atomic mass is 79.9. The van der Waals surface area contributed by atoms with Gasteiger partial charge in [-0.1, -0.05) is 52.3 Å². The lowest BCUT2D eigenvalue weighted by molar-refractivity contribution is -0.114. The number of nitrogens with one attached hydrogen (secondary N) is 1. The van der Waals surface area contributed by atoms with Crippen molar-refractivity contribution in [2.24, 2.45) is 0 Å². The number of rotatable bonds is 7. The summed E-state index contributed by atoms with van der Waals surface area (Å²) in [6.07, 6.45) is 1.92. The molecule has 34 heavy (non-hydrogen) atoms. The molecule has 9 heteroatoms. The van der Waals surface area contributed by atoms with Gasteiger partial charge < -0.3 is 10.2 Å². The lowest BCUT2D eigenvalue weighted by Gasteiger charge is -2.24. The third-order valence-electron chi connectivity index (χ3n) is 5.54. The minimum atomic E-state index is -4.02. The second kappa shape index (κ2) is 10.4. The van der Waals surface area contributed by atoms with Crippen molar-refractivity contribution in [3.05, 3.63) is 88.9 Å². The summed E-state index contributed by atoms with van der Waals surface area (Å²) < 4.78 is 28.6. The standard InChI is InChI=1S/C25H24BrN3O4S/c26-19-9-8-10-20(17-19)29(34(32,33)21-11-2-1-3-12-21)18-24(30)27-23-14-5-4-13-22(23)25(31)28-15-6-7-16-28/h1-5,8-14,17H,6-7,15-16,18H2,(H,27,30). The molecular formula is C25H24BrN3O4S. The van der Waals surface area contributed by atoms with Crippen LogP contribution in [0.4, 0.5) is 11.4 Å². The molecule has 1 heterocycles. The molecule has 0 aliphatic carbocycles. The average molecular weight is 542 g/mol. The molecule has 7 nitrogen and oxygen atoms in total. The van der Waals surface area contributed by atoms with E-state index in [-0.39, 0.29) is 10.8 Å². The highest BCUT2D eigenvalue weighted by Gasteiger charge is 2.28. The van der Waals surface area contributed by atoms with E-state index in [1.165, 1.54) is 12.1 Å². The zero-order valence-electron chi connectivity index (χ0n) is 18.4. The van der Waals surface area contributed by atoms with Crippen molar-refractivity contribution in [3.8, 4) is 0 Å². The lowest BCUT2D eigenvalue weighted by atomic mass is 10.1. The normalized spacial score (nSPS) is 13.5. The second-order valence-corrected chi connectivity index (χ2v) is 10.7. The van der Waals surface area contributed by atoms with Crippen LogP contribution in [0.1, 0.15) is 23.2 Å². The van der Waals surface area contributed by atoms with Crippen LogP contribution in [0.15, 0.2) is 88.2 Å². The fourth-order valence-corrected chi connectivity index (χ4v) is 5.68. The molecule has 0 aromatic heterocycles. The van der Waals surface area contributed by atoms with Gasteiger partial charge in [-0.15, -0.1) is 0 Å². The Morgan fingerprint density at radius 2 is 1.59 bits per heavy atom. The van der Waals surface area contributed by atoms with Crippen LogP contribution in [-0.2, 0) is 14.8 Å². The maximum atomic E-state index is 13.5. The number of anilines is 2. The Morgan fingerprint density at radius 1 is 0.912 bits per heavy atom. The molecule has 3 aromatic rings. The highest BCUT2D eigenvalue weighted by Crippen LogP contribution is 2.27. The van der Waals surface area contributed by atoms with Crippen molar-refractivity contribution in [1.82, 2.24) is 4.90 Å². The van der Waals surface area contributed by atoms with E-state index >= 15 is 0 Å². The minimum Gasteiger partial charge on any atom is -0.339 e. The maximum Gasteiger partial charge on any atom is 0.264 e. The van der Waals surface area contributed by atoms with Crippen molar-refractivity contribution in [2.75, 3.05) is 29.3 Å². The Labute approximate surface area is 207 Å². The topological polar surface area (TPSA) is 86.8 Å². The van der Waals surface area contributed by atoms with Gasteiger partial charge in [0.15, 0.2) is 0 Å². The third-order valence-corrected chi connectivity index (χ3v) is 7.82. The minimum absolute atomic E-state index is 0.0763. The number of hydrogen-bond acceptors (Lipinski definition) is 4. The van der Waals surface area contributed by atoms with Crippen molar-refractivity contribution >= 4 is 49.1 Å². The summed E-state index contributed by atoms with van der Waals surface area (Å²) in [5.41, 5.74) is 1.09. The predicted molar refractivity (Wildman–Crippen MR) is 135 cm³/mol. The number of hydrogen-bond donors (Lipinski definition) is 1. The fraction of sp³-hybridized carbons (Fsp3) is 0.200. The zero-order chi connectivity index (χ0) is 24.1. The van der Waals surface area contributed by atoms with Crippen LogP contribution in [0.2, 0.25) is 0 Å². The first kappa shape index (κ1) is 24.0. The summed E-state index contributed by atoms with van der Waals surface area (Å²) in [7, 11) is -4.02. The molecule has 2 amide bonds. The van der Waals surface area contributed by atoms with Gasteiger partial charge in [-0.3, -0.25) is 13.9 Å². The van der Waals surface area contributed by atoms with Gasteiger partial charge in [0.05, 0.1) is 21.8 Å². The summed E-state index contributed by atoms with van der Waals surface area (Å²) in [4.78, 5) is 27.9. The van der Waals surface area contributed by atoms with Crippen molar-refractivity contribution in [1.29, 1.82) is 0 Å². The molecular weight excluding hydrogens is 518 g/mol. The van der Waals surface area contributed by atoms with Crippen LogP contribution < -0.4 is 9.62 Å². The molecule has 0 saturated carbocycles. The molecule has 1 aliphatic heterocycles. The number of para-hydroxylation sites is 1. The quantitative estimate of drug-likeness (QED) is 0.476. The molecule has 0 bridgehead atoms. The first-order valence-electron chi connectivity index (χ1n) is 10.9. The lowest BCUT2D eigenvalue weighted by Crippen LogP contribution is -2.38. The van der Waals surface area contributed by atoms with E-state index < -0.39 is 22.5 Å². The average Bonchev–Trinajstić information content (AvgIpc) is 3.38. The Bertz CT molecular complexity index is 1290. The number of carbonyl (C=O) groups is 2. The summed E-state index contributed by atoms with van der Waals surface area (Å²) in [5.74, 6) is -0.699. The molecule has 0 spiro atoms. The first-order valence-corrected chi connectivity index (χ1v) is 13.1. The largest absolute Gasteiger partial charge is 0.339 e. The van der Waals surface area contributed by atoms with Crippen molar-refractivity contribution in [2.45, 2.75) is 17.7 Å². The van der Waals surface area contributed by atoms with E-state index in [0.29, 0.717) is 34.5 Å². The molecule has 1 N–H and O–H groups in total. The van der Waals surface area contributed by atoms with E-state index in [2.05, 4.69) is 21.2 Å². The van der Waals surface area contributed by atoms with Crippen LogP contribution in [0.3, 0.4) is 0 Å². The van der Waals surface area contributed by atoms with Gasteiger partial charge in [-0.05, 0) is 55.3 Å². The van der Waals surface area contributed by atoms with Gasteiger partial charge in [0.1, 0.15) is 6.54 Å². The first-order chi connectivity index (χ1) is 16.4. The predicted octanol–water partition coefficient (Wildman–Crippen LogP) is 4.52. The number of benzene rings is 3. The Balaban J connectivity index is 1.62. The smallest absolute Gasteiger partial charge is 0.264 e. The Kier molecular flexibility index (Phi) is 7.33. The van der Waals surface area contributed by atoms with Crippen LogP contribution in [-0.4, -0.2) is 44.8 Å². The van der Waals surface area contributed by atoms with E-state index in [1.807, 2.05) is 0 Å². The van der Waals surface area contributed by atoms with Gasteiger partial charge >= 0.3 is 0 Å². The molecule has 0 atom stereocenters. The molecule has 3 aromatic carbocycles. The van der Waals surface area contributed by atoms with E-state index in [1.54, 1.807) is 71.6 Å². The van der Waals surface area contributed by atoms with Crippen LogP contribution >= 0.6 is 15.9 Å². The molecule has 1 aliphatic rings. The number of likely N-dealkylation sites (tertiary alicyclic amines) is 1. The monoisotopic (exact) mass is 541 g/mol. The summed E-state index contributed by atoms with van der Waals surface area (Å²) >= 11 is 3.37. The molecule has 1 fully saturated rings. The molecule has 4 rings (SSSR count). The molecule has 1 saturated heterocycles. The molecule has 176 valence electrons. The van der Waals surface area contributed by atoms with Gasteiger partial charge in [-0.2, -0.15) is 0 Å². The van der Waals surface area contributed by atoms with Gasteiger partial charge in [0, 0.05) is 17.6 Å². The maximum absolute atomic E-state index is 13.5. The number of halogens is 1. The number of carbonyl (C=O) groups excluding carboxylic acids is 2. The van der Waals surface area contributed by atoms with Gasteiger partial charge in [0.25, 0.3) is 15.9 Å². The highest BCUT2D eigenvalue weighted by molar-refractivity contribution is 9.10. The molecule has 0 radical (unpaired) electrons. The van der Waals surface area contributed by atoms with Crippen LogP contribution in [0.25, 0.3) is 0 Å².